The molecule has 0 spiro atoms. The number of hydrogen-bond acceptors (Lipinski definition) is 10. The lowest BCUT2D eigenvalue weighted by molar-refractivity contribution is -0.144. The van der Waals surface area contributed by atoms with E-state index in [-0.39, 0.29) is 11.9 Å². The SMILES string of the molecule is CCOC(=O)CCN1CCN(c2ccc3cc(-c4ccccc4)c(N4CCN(CCC(=O)OCC)CC4)nc3n2)CC1. The van der Waals surface area contributed by atoms with Crippen LogP contribution in [-0.4, -0.2) is 110 Å². The van der Waals surface area contributed by atoms with E-state index < -0.39 is 0 Å². The topological polar surface area (TPSA) is 91.3 Å². The van der Waals surface area contributed by atoms with E-state index in [0.29, 0.717) is 32.6 Å². The Kier molecular flexibility index (Phi) is 10.2. The second-order valence-corrected chi connectivity index (χ2v) is 10.7. The Bertz CT molecular complexity index is 1340. The molecule has 0 atom stereocenters. The second kappa shape index (κ2) is 14.4. The summed E-state index contributed by atoms with van der Waals surface area (Å²) in [5, 5.41) is 1.02. The smallest absolute Gasteiger partial charge is 0.307 e. The number of piperazine rings is 2. The average molecular weight is 575 g/mol. The first kappa shape index (κ1) is 29.7. The van der Waals surface area contributed by atoms with E-state index in [2.05, 4.69) is 62.1 Å². The first-order valence-electron chi connectivity index (χ1n) is 15.2. The van der Waals surface area contributed by atoms with Gasteiger partial charge in [0.2, 0.25) is 0 Å². The van der Waals surface area contributed by atoms with Gasteiger partial charge in [0.05, 0.1) is 26.1 Å². The summed E-state index contributed by atoms with van der Waals surface area (Å²) in [7, 11) is 0. The molecule has 5 rings (SSSR count). The summed E-state index contributed by atoms with van der Waals surface area (Å²) < 4.78 is 10.2. The number of fused-ring (bicyclic) bond motifs is 1. The van der Waals surface area contributed by atoms with Crippen molar-refractivity contribution >= 4 is 34.6 Å². The summed E-state index contributed by atoms with van der Waals surface area (Å²) in [6, 6.07) is 16.8. The summed E-state index contributed by atoms with van der Waals surface area (Å²) in [6.07, 6.45) is 0.849. The molecule has 0 N–H and O–H groups in total. The molecule has 0 radical (unpaired) electrons. The molecule has 1 aromatic carbocycles. The zero-order valence-electron chi connectivity index (χ0n) is 24.8. The van der Waals surface area contributed by atoms with E-state index in [1.165, 1.54) is 0 Å². The van der Waals surface area contributed by atoms with Crippen LogP contribution in [0, 0.1) is 0 Å². The third-order valence-electron chi connectivity index (χ3n) is 7.97. The van der Waals surface area contributed by atoms with Crippen LogP contribution in [0.4, 0.5) is 11.6 Å². The molecule has 0 unspecified atom stereocenters. The molecule has 2 saturated heterocycles. The summed E-state index contributed by atoms with van der Waals surface area (Å²) in [6.45, 7) is 12.8. The van der Waals surface area contributed by atoms with Crippen LogP contribution in [0.2, 0.25) is 0 Å². The fourth-order valence-electron chi connectivity index (χ4n) is 5.63. The van der Waals surface area contributed by atoms with E-state index in [1.807, 2.05) is 19.9 Å². The van der Waals surface area contributed by atoms with Crippen LogP contribution < -0.4 is 9.80 Å². The summed E-state index contributed by atoms with van der Waals surface area (Å²) >= 11 is 0. The van der Waals surface area contributed by atoms with Gasteiger partial charge in [0.15, 0.2) is 5.65 Å². The van der Waals surface area contributed by atoms with Gasteiger partial charge in [0.1, 0.15) is 11.6 Å². The zero-order chi connectivity index (χ0) is 29.3. The Morgan fingerprint density at radius 2 is 1.29 bits per heavy atom. The molecule has 2 aromatic heterocycles. The third kappa shape index (κ3) is 7.54. The number of anilines is 2. The van der Waals surface area contributed by atoms with Crippen LogP contribution in [0.3, 0.4) is 0 Å². The zero-order valence-corrected chi connectivity index (χ0v) is 24.8. The largest absolute Gasteiger partial charge is 0.466 e. The first-order chi connectivity index (χ1) is 20.5. The molecule has 224 valence electrons. The Hall–Kier alpha value is -3.76. The van der Waals surface area contributed by atoms with Crippen molar-refractivity contribution in [1.29, 1.82) is 0 Å². The molecule has 0 bridgehead atoms. The predicted molar refractivity (Wildman–Crippen MR) is 165 cm³/mol. The van der Waals surface area contributed by atoms with Crippen molar-refractivity contribution in [2.45, 2.75) is 26.7 Å². The average Bonchev–Trinajstić information content (AvgIpc) is 3.03. The van der Waals surface area contributed by atoms with Crippen molar-refractivity contribution in [3.63, 3.8) is 0 Å². The van der Waals surface area contributed by atoms with Crippen molar-refractivity contribution in [3.8, 4) is 11.1 Å². The monoisotopic (exact) mass is 574 g/mol. The number of nitrogens with zero attached hydrogens (tertiary/aromatic N) is 6. The quantitative estimate of drug-likeness (QED) is 0.317. The number of pyridine rings is 2. The molecular weight excluding hydrogens is 532 g/mol. The van der Waals surface area contributed by atoms with E-state index >= 15 is 0 Å². The van der Waals surface area contributed by atoms with E-state index in [0.717, 1.165) is 92.7 Å². The number of esters is 2. The van der Waals surface area contributed by atoms with Crippen molar-refractivity contribution in [1.82, 2.24) is 19.8 Å². The van der Waals surface area contributed by atoms with Gasteiger partial charge in [-0.2, -0.15) is 0 Å². The van der Waals surface area contributed by atoms with E-state index in [1.54, 1.807) is 0 Å². The van der Waals surface area contributed by atoms with Gasteiger partial charge in [0.25, 0.3) is 0 Å². The van der Waals surface area contributed by atoms with Crippen LogP contribution in [0.15, 0.2) is 48.5 Å². The Morgan fingerprint density at radius 1 is 0.714 bits per heavy atom. The third-order valence-corrected chi connectivity index (χ3v) is 7.97. The highest BCUT2D eigenvalue weighted by Gasteiger charge is 2.24. The summed E-state index contributed by atoms with van der Waals surface area (Å²) in [4.78, 5) is 43.0. The van der Waals surface area contributed by atoms with Crippen LogP contribution in [-0.2, 0) is 19.1 Å². The predicted octanol–water partition coefficient (Wildman–Crippen LogP) is 3.45. The maximum atomic E-state index is 11.8. The molecule has 2 fully saturated rings. The lowest BCUT2D eigenvalue weighted by Gasteiger charge is -2.36. The number of rotatable bonds is 11. The molecular formula is C32H42N6O4. The van der Waals surface area contributed by atoms with Crippen molar-refractivity contribution in [2.24, 2.45) is 0 Å². The first-order valence-corrected chi connectivity index (χ1v) is 15.2. The number of benzene rings is 1. The lowest BCUT2D eigenvalue weighted by Crippen LogP contribution is -2.47. The van der Waals surface area contributed by atoms with Gasteiger partial charge in [-0.1, -0.05) is 30.3 Å². The highest BCUT2D eigenvalue weighted by atomic mass is 16.5. The molecule has 0 saturated carbocycles. The van der Waals surface area contributed by atoms with Crippen molar-refractivity contribution in [3.05, 3.63) is 48.5 Å². The van der Waals surface area contributed by atoms with E-state index in [4.69, 9.17) is 19.4 Å². The molecule has 42 heavy (non-hydrogen) atoms. The number of aromatic nitrogens is 2. The van der Waals surface area contributed by atoms with Gasteiger partial charge in [-0.05, 0) is 37.6 Å². The van der Waals surface area contributed by atoms with Crippen LogP contribution in [0.25, 0.3) is 22.2 Å². The molecule has 10 heteroatoms. The van der Waals surface area contributed by atoms with E-state index in [9.17, 15) is 9.59 Å². The minimum Gasteiger partial charge on any atom is -0.466 e. The number of ether oxygens (including phenoxy) is 2. The molecule has 4 heterocycles. The normalized spacial score (nSPS) is 16.5. The molecule has 10 nitrogen and oxygen atoms in total. The highest BCUT2D eigenvalue weighted by Crippen LogP contribution is 2.33. The fourth-order valence-corrected chi connectivity index (χ4v) is 5.63. The maximum absolute atomic E-state index is 11.8. The van der Waals surface area contributed by atoms with Gasteiger partial charge >= 0.3 is 11.9 Å². The minimum atomic E-state index is -0.137. The number of carbonyl (C=O) groups is 2. The summed E-state index contributed by atoms with van der Waals surface area (Å²) in [5.41, 5.74) is 2.99. The summed E-state index contributed by atoms with van der Waals surface area (Å²) in [5.74, 6) is 1.61. The molecule has 0 amide bonds. The standard InChI is InChI=1S/C32H42N6O4/c1-3-41-29(39)12-14-35-16-20-37(21-17-35)28-11-10-26-24-27(25-8-6-5-7-9-25)32(34-31(26)33-28)38-22-18-36(19-23-38)15-13-30(40)42-4-2/h5-11,24H,3-4,12-23H2,1-2H3. The molecule has 0 aliphatic carbocycles. The maximum Gasteiger partial charge on any atom is 0.307 e. The van der Waals surface area contributed by atoms with Crippen LogP contribution in [0.5, 0.6) is 0 Å². The Balaban J connectivity index is 1.30. The fraction of sp³-hybridized carbons (Fsp3) is 0.500. The molecule has 3 aromatic rings. The second-order valence-electron chi connectivity index (χ2n) is 10.7. The van der Waals surface area contributed by atoms with Crippen LogP contribution in [0.1, 0.15) is 26.7 Å². The Morgan fingerprint density at radius 3 is 1.86 bits per heavy atom. The highest BCUT2D eigenvalue weighted by molar-refractivity contribution is 5.88. The Labute approximate surface area is 248 Å². The lowest BCUT2D eigenvalue weighted by atomic mass is 10.0. The molecule has 2 aliphatic rings. The molecule has 2 aliphatic heterocycles. The van der Waals surface area contributed by atoms with Crippen molar-refractivity contribution < 1.29 is 19.1 Å². The number of carbonyl (C=O) groups excluding carboxylic acids is 2. The van der Waals surface area contributed by atoms with Gasteiger partial charge in [-0.15, -0.1) is 0 Å². The van der Waals surface area contributed by atoms with Crippen molar-refractivity contribution in [2.75, 3.05) is 88.5 Å². The van der Waals surface area contributed by atoms with Gasteiger partial charge in [0, 0.05) is 76.4 Å². The van der Waals surface area contributed by atoms with Gasteiger partial charge in [-0.3, -0.25) is 19.4 Å². The minimum absolute atomic E-state index is 0.133. The number of hydrogen-bond donors (Lipinski definition) is 0. The van der Waals surface area contributed by atoms with Gasteiger partial charge in [-0.25, -0.2) is 9.97 Å². The van der Waals surface area contributed by atoms with Crippen LogP contribution >= 0.6 is 0 Å². The van der Waals surface area contributed by atoms with Gasteiger partial charge < -0.3 is 19.3 Å².